The van der Waals surface area contributed by atoms with Gasteiger partial charge in [-0.25, -0.2) is 4.79 Å². The summed E-state index contributed by atoms with van der Waals surface area (Å²) >= 11 is 5.87. The molecule has 0 heterocycles. The topological polar surface area (TPSA) is 42.0 Å². The van der Waals surface area contributed by atoms with E-state index in [1.165, 1.54) is 19.4 Å². The van der Waals surface area contributed by atoms with Crippen molar-refractivity contribution in [1.82, 2.24) is 9.80 Å². The Kier molecular flexibility index (Phi) is 10.8. The zero-order valence-corrected chi connectivity index (χ0v) is 19.0. The monoisotopic (exact) mass is 424 g/mol. The second kappa shape index (κ2) is 13.1. The molecule has 0 bridgehead atoms. The number of nitrogens with zero attached hydrogens (tertiary/aromatic N) is 2. The van der Waals surface area contributed by atoms with E-state index in [0.29, 0.717) is 16.9 Å². The summed E-state index contributed by atoms with van der Waals surface area (Å²) in [5, 5.41) is 0.625. The van der Waals surface area contributed by atoms with E-state index in [9.17, 15) is 4.79 Å². The summed E-state index contributed by atoms with van der Waals surface area (Å²) in [4.78, 5) is 16.6. The number of carbonyl (C=O) groups excluding carboxylic acids is 1. The van der Waals surface area contributed by atoms with Gasteiger partial charge in [-0.05, 0) is 88.8 Å². The van der Waals surface area contributed by atoms with E-state index in [0.717, 1.165) is 51.8 Å². The van der Waals surface area contributed by atoms with Crippen molar-refractivity contribution in [3.8, 4) is 5.75 Å². The third-order valence-corrected chi connectivity index (χ3v) is 6.12. The van der Waals surface area contributed by atoms with Crippen LogP contribution in [0.1, 0.15) is 58.8 Å². The Labute approximate surface area is 181 Å². The van der Waals surface area contributed by atoms with Crippen LogP contribution < -0.4 is 4.74 Å². The van der Waals surface area contributed by atoms with Crippen LogP contribution in [0.5, 0.6) is 5.75 Å². The molecule has 0 saturated heterocycles. The molecule has 29 heavy (non-hydrogen) atoms. The molecular weight excluding hydrogens is 388 g/mol. The van der Waals surface area contributed by atoms with Crippen molar-refractivity contribution in [3.63, 3.8) is 0 Å². The molecule has 164 valence electrons. The SMILES string of the molecule is CCN(CC)CCCCCOC1CCC(N(C)C(=O)Oc2ccc(Cl)cc2)CC1. The zero-order valence-electron chi connectivity index (χ0n) is 18.2. The van der Waals surface area contributed by atoms with Gasteiger partial charge in [-0.1, -0.05) is 25.4 Å². The Balaban J connectivity index is 1.59. The van der Waals surface area contributed by atoms with E-state index in [4.69, 9.17) is 21.1 Å². The number of ether oxygens (including phenoxy) is 2. The van der Waals surface area contributed by atoms with Gasteiger partial charge in [0.25, 0.3) is 0 Å². The van der Waals surface area contributed by atoms with Crippen LogP contribution in [0.15, 0.2) is 24.3 Å². The molecule has 0 atom stereocenters. The molecule has 6 heteroatoms. The van der Waals surface area contributed by atoms with Gasteiger partial charge in [0, 0.05) is 24.7 Å². The highest BCUT2D eigenvalue weighted by molar-refractivity contribution is 6.30. The number of benzene rings is 1. The van der Waals surface area contributed by atoms with Crippen LogP contribution >= 0.6 is 11.6 Å². The largest absolute Gasteiger partial charge is 0.415 e. The zero-order chi connectivity index (χ0) is 21.1. The fraction of sp³-hybridized carbons (Fsp3) is 0.696. The van der Waals surface area contributed by atoms with E-state index in [1.54, 1.807) is 29.2 Å². The fourth-order valence-electron chi connectivity index (χ4n) is 3.83. The lowest BCUT2D eigenvalue weighted by atomic mass is 9.92. The molecule has 1 aromatic rings. The van der Waals surface area contributed by atoms with Crippen LogP contribution in [0.2, 0.25) is 5.02 Å². The Hall–Kier alpha value is -1.30. The van der Waals surface area contributed by atoms with Crippen molar-refractivity contribution >= 4 is 17.7 Å². The average Bonchev–Trinajstić information content (AvgIpc) is 2.75. The number of halogens is 1. The molecule has 0 radical (unpaired) electrons. The molecule has 1 fully saturated rings. The van der Waals surface area contributed by atoms with E-state index >= 15 is 0 Å². The summed E-state index contributed by atoms with van der Waals surface area (Å²) in [6.45, 7) is 8.75. The number of amides is 1. The van der Waals surface area contributed by atoms with Crippen molar-refractivity contribution in [2.45, 2.75) is 70.9 Å². The molecule has 1 aromatic carbocycles. The normalized spacial score (nSPS) is 19.3. The van der Waals surface area contributed by atoms with Crippen molar-refractivity contribution < 1.29 is 14.3 Å². The molecule has 2 rings (SSSR count). The first-order valence-electron chi connectivity index (χ1n) is 11.1. The van der Waals surface area contributed by atoms with E-state index in [2.05, 4.69) is 18.7 Å². The molecular formula is C23H37ClN2O3. The van der Waals surface area contributed by atoms with Gasteiger partial charge in [-0.15, -0.1) is 0 Å². The van der Waals surface area contributed by atoms with Crippen molar-refractivity contribution in [2.24, 2.45) is 0 Å². The van der Waals surface area contributed by atoms with Gasteiger partial charge in [-0.3, -0.25) is 0 Å². The number of hydrogen-bond acceptors (Lipinski definition) is 4. The van der Waals surface area contributed by atoms with Crippen LogP contribution in [-0.4, -0.2) is 61.3 Å². The predicted molar refractivity (Wildman–Crippen MR) is 119 cm³/mol. The van der Waals surface area contributed by atoms with Crippen LogP contribution in [0.3, 0.4) is 0 Å². The number of hydrogen-bond donors (Lipinski definition) is 0. The average molecular weight is 425 g/mol. The number of unbranched alkanes of at least 4 members (excludes halogenated alkanes) is 2. The molecule has 0 aromatic heterocycles. The maximum absolute atomic E-state index is 12.4. The molecule has 0 unspecified atom stereocenters. The van der Waals surface area contributed by atoms with Gasteiger partial charge in [0.15, 0.2) is 0 Å². The molecule has 1 aliphatic carbocycles. The van der Waals surface area contributed by atoms with E-state index < -0.39 is 0 Å². The van der Waals surface area contributed by atoms with Crippen LogP contribution in [0.4, 0.5) is 4.79 Å². The fourth-order valence-corrected chi connectivity index (χ4v) is 3.95. The molecule has 0 spiro atoms. The smallest absolute Gasteiger partial charge is 0.410 e. The van der Waals surface area contributed by atoms with E-state index in [-0.39, 0.29) is 12.1 Å². The summed E-state index contributed by atoms with van der Waals surface area (Å²) in [6, 6.07) is 7.07. The van der Waals surface area contributed by atoms with Gasteiger partial charge in [-0.2, -0.15) is 0 Å². The first kappa shape index (κ1) is 24.0. The third-order valence-electron chi connectivity index (χ3n) is 5.86. The van der Waals surface area contributed by atoms with Gasteiger partial charge >= 0.3 is 6.09 Å². The third kappa shape index (κ3) is 8.53. The lowest BCUT2D eigenvalue weighted by Gasteiger charge is -2.34. The quantitative estimate of drug-likeness (QED) is 0.433. The lowest BCUT2D eigenvalue weighted by Crippen LogP contribution is -2.42. The highest BCUT2D eigenvalue weighted by Gasteiger charge is 2.27. The maximum Gasteiger partial charge on any atom is 0.415 e. The van der Waals surface area contributed by atoms with Crippen LogP contribution in [-0.2, 0) is 4.74 Å². The van der Waals surface area contributed by atoms with Crippen LogP contribution in [0, 0.1) is 0 Å². The lowest BCUT2D eigenvalue weighted by molar-refractivity contribution is 0.0103. The minimum Gasteiger partial charge on any atom is -0.410 e. The second-order valence-electron chi connectivity index (χ2n) is 7.82. The van der Waals surface area contributed by atoms with E-state index in [1.807, 2.05) is 7.05 Å². The maximum atomic E-state index is 12.4. The first-order chi connectivity index (χ1) is 14.0. The summed E-state index contributed by atoms with van der Waals surface area (Å²) in [6.07, 6.45) is 7.54. The Morgan fingerprint density at radius 1 is 1.03 bits per heavy atom. The van der Waals surface area contributed by atoms with Crippen molar-refractivity contribution in [3.05, 3.63) is 29.3 Å². The highest BCUT2D eigenvalue weighted by atomic mass is 35.5. The summed E-state index contributed by atoms with van der Waals surface area (Å²) < 4.78 is 11.5. The highest BCUT2D eigenvalue weighted by Crippen LogP contribution is 2.26. The van der Waals surface area contributed by atoms with Gasteiger partial charge in [0.2, 0.25) is 0 Å². The van der Waals surface area contributed by atoms with Crippen molar-refractivity contribution in [1.29, 1.82) is 0 Å². The number of carbonyl (C=O) groups is 1. The molecule has 0 N–H and O–H groups in total. The molecule has 5 nitrogen and oxygen atoms in total. The summed E-state index contributed by atoms with van der Waals surface area (Å²) in [5.74, 6) is 0.518. The van der Waals surface area contributed by atoms with Gasteiger partial charge < -0.3 is 19.3 Å². The Morgan fingerprint density at radius 2 is 1.69 bits per heavy atom. The predicted octanol–water partition coefficient (Wildman–Crippen LogP) is 5.61. The first-order valence-corrected chi connectivity index (χ1v) is 11.4. The van der Waals surface area contributed by atoms with Crippen molar-refractivity contribution in [2.75, 3.05) is 33.3 Å². The Bertz CT molecular complexity index is 584. The van der Waals surface area contributed by atoms with Gasteiger partial charge in [0.05, 0.1) is 6.10 Å². The van der Waals surface area contributed by atoms with Crippen LogP contribution in [0.25, 0.3) is 0 Å². The minimum absolute atomic E-state index is 0.212. The van der Waals surface area contributed by atoms with Gasteiger partial charge in [0.1, 0.15) is 5.75 Å². The summed E-state index contributed by atoms with van der Waals surface area (Å²) in [7, 11) is 1.82. The second-order valence-corrected chi connectivity index (χ2v) is 8.26. The Morgan fingerprint density at radius 3 is 2.31 bits per heavy atom. The number of rotatable bonds is 11. The molecule has 1 aliphatic rings. The molecule has 1 saturated carbocycles. The minimum atomic E-state index is -0.315. The molecule has 0 aliphatic heterocycles. The standard InChI is InChI=1S/C23H37ClN2O3/c1-4-26(5-2)17-7-6-8-18-28-21-15-11-20(12-16-21)25(3)23(27)29-22-13-9-19(24)10-14-22/h9-10,13-14,20-21H,4-8,11-12,15-18H2,1-3H3. The summed E-state index contributed by atoms with van der Waals surface area (Å²) in [5.41, 5.74) is 0. The molecule has 1 amide bonds.